The molecule has 6 nitrogen and oxygen atoms in total. The molecule has 0 saturated carbocycles. The Morgan fingerprint density at radius 1 is 1.33 bits per heavy atom. The van der Waals surface area contributed by atoms with E-state index in [1.165, 1.54) is 19.3 Å². The van der Waals surface area contributed by atoms with E-state index in [1.54, 1.807) is 12.1 Å². The molecular formula is C12H11F3N4O2. The summed E-state index contributed by atoms with van der Waals surface area (Å²) in [4.78, 5) is 15.3. The molecule has 0 unspecified atom stereocenters. The van der Waals surface area contributed by atoms with Crippen LogP contribution < -0.4 is 0 Å². The Bertz CT molecular complexity index is 625. The molecule has 2 heterocycles. The van der Waals surface area contributed by atoms with Gasteiger partial charge >= 0.3 is 12.1 Å². The van der Waals surface area contributed by atoms with E-state index in [9.17, 15) is 18.0 Å². The predicted octanol–water partition coefficient (Wildman–Crippen LogP) is 1.92. The number of esters is 1. The van der Waals surface area contributed by atoms with Crippen LogP contribution in [0, 0.1) is 0 Å². The first-order chi connectivity index (χ1) is 9.93. The van der Waals surface area contributed by atoms with Gasteiger partial charge in [0.1, 0.15) is 0 Å². The fourth-order valence-electron chi connectivity index (χ4n) is 1.70. The van der Waals surface area contributed by atoms with Gasteiger partial charge in [-0.1, -0.05) is 5.21 Å². The summed E-state index contributed by atoms with van der Waals surface area (Å²) in [5.74, 6) is -1.15. The van der Waals surface area contributed by atoms with Crippen molar-refractivity contribution in [1.29, 1.82) is 0 Å². The smallest absolute Gasteiger partial charge is 0.435 e. The molecule has 0 atom stereocenters. The van der Waals surface area contributed by atoms with Crippen LogP contribution in [0.15, 0.2) is 24.5 Å². The maximum atomic E-state index is 13.1. The number of nitrogens with zero attached hydrogens (tertiary/aromatic N) is 4. The van der Waals surface area contributed by atoms with E-state index in [0.29, 0.717) is 10.2 Å². The SMILES string of the molecule is CCOC(=O)c1nnn(Cc2ccncc2)c1C(F)(F)F. The number of hydrogen-bond donors (Lipinski definition) is 0. The first-order valence-corrected chi connectivity index (χ1v) is 6.00. The standard InChI is InChI=1S/C12H11F3N4O2/c1-2-21-11(20)9-10(12(13,14)15)19(18-17-9)7-8-3-5-16-6-4-8/h3-6H,2,7H2,1H3. The van der Waals surface area contributed by atoms with Crippen molar-refractivity contribution in [3.8, 4) is 0 Å². The van der Waals surface area contributed by atoms with Crippen molar-refractivity contribution in [2.45, 2.75) is 19.6 Å². The number of carbonyl (C=O) groups is 1. The van der Waals surface area contributed by atoms with Gasteiger partial charge in [0, 0.05) is 12.4 Å². The molecule has 2 aromatic rings. The highest BCUT2D eigenvalue weighted by molar-refractivity contribution is 5.88. The Balaban J connectivity index is 2.40. The van der Waals surface area contributed by atoms with Gasteiger partial charge in [0.2, 0.25) is 5.69 Å². The molecule has 0 fully saturated rings. The third-order valence-corrected chi connectivity index (χ3v) is 2.55. The molecular weight excluding hydrogens is 289 g/mol. The Labute approximate surface area is 117 Å². The second-order valence-corrected chi connectivity index (χ2v) is 4.02. The summed E-state index contributed by atoms with van der Waals surface area (Å²) in [6, 6.07) is 3.09. The van der Waals surface area contributed by atoms with E-state index < -0.39 is 23.5 Å². The van der Waals surface area contributed by atoms with Crippen LogP contribution in [0.3, 0.4) is 0 Å². The minimum Gasteiger partial charge on any atom is -0.461 e. The van der Waals surface area contributed by atoms with Crippen LogP contribution in [0.1, 0.15) is 28.7 Å². The van der Waals surface area contributed by atoms with Crippen molar-refractivity contribution in [3.63, 3.8) is 0 Å². The summed E-state index contributed by atoms with van der Waals surface area (Å²) in [6.07, 6.45) is -1.86. The van der Waals surface area contributed by atoms with Gasteiger partial charge in [0.05, 0.1) is 13.2 Å². The second-order valence-electron chi connectivity index (χ2n) is 4.02. The van der Waals surface area contributed by atoms with Gasteiger partial charge in [0.25, 0.3) is 0 Å². The van der Waals surface area contributed by atoms with Crippen LogP contribution in [0.25, 0.3) is 0 Å². The van der Waals surface area contributed by atoms with E-state index in [0.717, 1.165) is 0 Å². The van der Waals surface area contributed by atoms with Crippen LogP contribution in [0.2, 0.25) is 0 Å². The Kier molecular flexibility index (Phi) is 4.20. The van der Waals surface area contributed by atoms with E-state index in [-0.39, 0.29) is 13.2 Å². The zero-order valence-corrected chi connectivity index (χ0v) is 11.0. The molecule has 0 aliphatic carbocycles. The van der Waals surface area contributed by atoms with Crippen LogP contribution in [0.5, 0.6) is 0 Å². The first kappa shape index (κ1) is 14.9. The lowest BCUT2D eigenvalue weighted by Gasteiger charge is -2.10. The van der Waals surface area contributed by atoms with E-state index in [4.69, 9.17) is 0 Å². The monoisotopic (exact) mass is 300 g/mol. The van der Waals surface area contributed by atoms with Crippen LogP contribution in [-0.2, 0) is 17.5 Å². The largest absolute Gasteiger partial charge is 0.461 e. The third kappa shape index (κ3) is 3.36. The fraction of sp³-hybridized carbons (Fsp3) is 0.333. The van der Waals surface area contributed by atoms with Gasteiger partial charge in [-0.2, -0.15) is 13.2 Å². The normalized spacial score (nSPS) is 11.4. The van der Waals surface area contributed by atoms with Crippen molar-refractivity contribution in [1.82, 2.24) is 20.0 Å². The van der Waals surface area contributed by atoms with Crippen molar-refractivity contribution in [3.05, 3.63) is 41.5 Å². The number of alkyl halides is 3. The molecule has 0 radical (unpaired) electrons. The quantitative estimate of drug-likeness (QED) is 0.807. The fourth-order valence-corrected chi connectivity index (χ4v) is 1.70. The second kappa shape index (κ2) is 5.90. The number of rotatable bonds is 4. The number of aromatic nitrogens is 4. The molecule has 0 aliphatic heterocycles. The van der Waals surface area contributed by atoms with Crippen LogP contribution in [-0.4, -0.2) is 32.6 Å². The van der Waals surface area contributed by atoms with Gasteiger partial charge in [-0.15, -0.1) is 5.10 Å². The Morgan fingerprint density at radius 3 is 2.57 bits per heavy atom. The number of carbonyl (C=O) groups excluding carboxylic acids is 1. The van der Waals surface area contributed by atoms with Gasteiger partial charge in [-0.05, 0) is 24.6 Å². The lowest BCUT2D eigenvalue weighted by Crippen LogP contribution is -2.20. The Morgan fingerprint density at radius 2 is 2.00 bits per heavy atom. The molecule has 0 aliphatic rings. The molecule has 0 N–H and O–H groups in total. The lowest BCUT2D eigenvalue weighted by molar-refractivity contribution is -0.144. The zero-order valence-electron chi connectivity index (χ0n) is 11.0. The minimum absolute atomic E-state index is 0.0483. The number of pyridine rings is 1. The van der Waals surface area contributed by atoms with Crippen LogP contribution >= 0.6 is 0 Å². The predicted molar refractivity (Wildman–Crippen MR) is 64.3 cm³/mol. The zero-order chi connectivity index (χ0) is 15.5. The molecule has 2 rings (SSSR count). The maximum Gasteiger partial charge on any atom is 0.435 e. The minimum atomic E-state index is -4.77. The lowest BCUT2D eigenvalue weighted by atomic mass is 10.2. The molecule has 21 heavy (non-hydrogen) atoms. The maximum absolute atomic E-state index is 13.1. The summed E-state index contributed by atoms with van der Waals surface area (Å²) in [5.41, 5.74) is -1.51. The molecule has 0 saturated heterocycles. The number of ether oxygens (including phenoxy) is 1. The van der Waals surface area contributed by atoms with Crippen molar-refractivity contribution in [2.75, 3.05) is 6.61 Å². The summed E-state index contributed by atoms with van der Waals surface area (Å²) in [7, 11) is 0. The van der Waals surface area contributed by atoms with E-state index >= 15 is 0 Å². The van der Waals surface area contributed by atoms with Crippen LogP contribution in [0.4, 0.5) is 13.2 Å². The van der Waals surface area contributed by atoms with Crippen molar-refractivity contribution < 1.29 is 22.7 Å². The van der Waals surface area contributed by atoms with E-state index in [2.05, 4.69) is 20.0 Å². The molecule has 0 spiro atoms. The van der Waals surface area contributed by atoms with Gasteiger partial charge in [-0.25, -0.2) is 9.48 Å². The first-order valence-electron chi connectivity index (χ1n) is 6.00. The topological polar surface area (TPSA) is 69.9 Å². The summed E-state index contributed by atoms with van der Waals surface area (Å²) < 4.78 is 44.6. The molecule has 2 aromatic heterocycles. The summed E-state index contributed by atoms with van der Waals surface area (Å²) in [6.45, 7) is 1.27. The van der Waals surface area contributed by atoms with Gasteiger partial charge < -0.3 is 4.74 Å². The highest BCUT2D eigenvalue weighted by atomic mass is 19.4. The number of hydrogen-bond acceptors (Lipinski definition) is 5. The molecule has 0 aromatic carbocycles. The molecule has 112 valence electrons. The highest BCUT2D eigenvalue weighted by Gasteiger charge is 2.42. The highest BCUT2D eigenvalue weighted by Crippen LogP contribution is 2.31. The van der Waals surface area contributed by atoms with Crippen molar-refractivity contribution in [2.24, 2.45) is 0 Å². The average molecular weight is 300 g/mol. The Hall–Kier alpha value is -2.45. The van der Waals surface area contributed by atoms with Gasteiger partial charge in [-0.3, -0.25) is 4.98 Å². The van der Waals surface area contributed by atoms with Crippen molar-refractivity contribution >= 4 is 5.97 Å². The molecule has 0 bridgehead atoms. The average Bonchev–Trinajstić information content (AvgIpc) is 2.84. The summed E-state index contributed by atoms with van der Waals surface area (Å²) >= 11 is 0. The summed E-state index contributed by atoms with van der Waals surface area (Å²) in [5, 5.41) is 6.71. The van der Waals surface area contributed by atoms with Gasteiger partial charge in [0.15, 0.2) is 5.69 Å². The molecule has 0 amide bonds. The third-order valence-electron chi connectivity index (χ3n) is 2.55. The molecule has 9 heteroatoms. The van der Waals surface area contributed by atoms with E-state index in [1.807, 2.05) is 0 Å². The number of halogens is 3.